The van der Waals surface area contributed by atoms with Gasteiger partial charge in [-0.3, -0.25) is 4.79 Å². The summed E-state index contributed by atoms with van der Waals surface area (Å²) in [7, 11) is 1.65. The lowest BCUT2D eigenvalue weighted by molar-refractivity contribution is 0.112. The standard InChI is InChI=1S/C9H12BrNO2S/c1-5-7(4-12)14-9(11-5)8(10)6(2)13-3/h4,6,8H,1-3H3. The highest BCUT2D eigenvalue weighted by Crippen LogP contribution is 2.32. The second kappa shape index (κ2) is 5.00. The zero-order valence-corrected chi connectivity index (χ0v) is 10.7. The quantitative estimate of drug-likeness (QED) is 0.628. The van der Waals surface area contributed by atoms with Crippen molar-refractivity contribution in [3.63, 3.8) is 0 Å². The van der Waals surface area contributed by atoms with E-state index in [1.165, 1.54) is 11.3 Å². The van der Waals surface area contributed by atoms with E-state index < -0.39 is 0 Å². The molecule has 2 unspecified atom stereocenters. The van der Waals surface area contributed by atoms with E-state index in [2.05, 4.69) is 20.9 Å². The topological polar surface area (TPSA) is 39.2 Å². The van der Waals surface area contributed by atoms with Crippen LogP contribution in [-0.4, -0.2) is 24.5 Å². The van der Waals surface area contributed by atoms with Crippen LogP contribution in [0.4, 0.5) is 0 Å². The van der Waals surface area contributed by atoms with E-state index in [9.17, 15) is 4.79 Å². The van der Waals surface area contributed by atoms with Crippen molar-refractivity contribution in [2.45, 2.75) is 24.8 Å². The average Bonchev–Trinajstić information content (AvgIpc) is 2.57. The van der Waals surface area contributed by atoms with Crippen LogP contribution in [0.5, 0.6) is 0 Å². The number of methoxy groups -OCH3 is 1. The van der Waals surface area contributed by atoms with Gasteiger partial charge < -0.3 is 4.74 Å². The predicted molar refractivity (Wildman–Crippen MR) is 60.4 cm³/mol. The van der Waals surface area contributed by atoms with E-state index in [1.54, 1.807) is 7.11 Å². The molecule has 0 fully saturated rings. The van der Waals surface area contributed by atoms with Gasteiger partial charge in [0.2, 0.25) is 0 Å². The van der Waals surface area contributed by atoms with Crippen LogP contribution in [-0.2, 0) is 4.74 Å². The fourth-order valence-corrected chi connectivity index (χ4v) is 2.53. The summed E-state index contributed by atoms with van der Waals surface area (Å²) in [5.74, 6) is 0. The summed E-state index contributed by atoms with van der Waals surface area (Å²) in [5.41, 5.74) is 0.785. The van der Waals surface area contributed by atoms with Crippen LogP contribution in [0.15, 0.2) is 0 Å². The van der Waals surface area contributed by atoms with Gasteiger partial charge in [-0.25, -0.2) is 4.98 Å². The Morgan fingerprint density at radius 1 is 1.64 bits per heavy atom. The number of aryl methyl sites for hydroxylation is 1. The maximum atomic E-state index is 10.6. The molecule has 14 heavy (non-hydrogen) atoms. The molecule has 3 nitrogen and oxygen atoms in total. The Bertz CT molecular complexity index is 327. The Labute approximate surface area is 95.6 Å². The largest absolute Gasteiger partial charge is 0.380 e. The van der Waals surface area contributed by atoms with Gasteiger partial charge in [-0.1, -0.05) is 15.9 Å². The molecular weight excluding hydrogens is 266 g/mol. The van der Waals surface area contributed by atoms with Crippen molar-refractivity contribution in [1.82, 2.24) is 4.98 Å². The summed E-state index contributed by atoms with van der Waals surface area (Å²) in [6, 6.07) is 0. The van der Waals surface area contributed by atoms with E-state index >= 15 is 0 Å². The van der Waals surface area contributed by atoms with Crippen molar-refractivity contribution in [1.29, 1.82) is 0 Å². The van der Waals surface area contributed by atoms with Crippen molar-refractivity contribution < 1.29 is 9.53 Å². The molecule has 0 aliphatic heterocycles. The van der Waals surface area contributed by atoms with E-state index in [1.807, 2.05) is 13.8 Å². The number of carbonyl (C=O) groups is 1. The van der Waals surface area contributed by atoms with Crippen molar-refractivity contribution in [2.24, 2.45) is 0 Å². The molecule has 0 aliphatic carbocycles. The third kappa shape index (κ3) is 2.40. The molecular formula is C9H12BrNO2S. The Balaban J connectivity index is 2.90. The normalized spacial score (nSPS) is 15.1. The summed E-state index contributed by atoms with van der Waals surface area (Å²) >= 11 is 4.90. The number of aldehydes is 1. The molecule has 0 saturated heterocycles. The monoisotopic (exact) mass is 277 g/mol. The second-order valence-electron chi connectivity index (χ2n) is 2.96. The Hall–Kier alpha value is -0.260. The van der Waals surface area contributed by atoms with Crippen LogP contribution in [0.25, 0.3) is 0 Å². The lowest BCUT2D eigenvalue weighted by Crippen LogP contribution is -2.11. The summed E-state index contributed by atoms with van der Waals surface area (Å²) in [6.45, 7) is 3.79. The zero-order chi connectivity index (χ0) is 10.7. The first-order chi connectivity index (χ1) is 6.60. The number of ether oxygens (including phenoxy) is 1. The van der Waals surface area contributed by atoms with Crippen molar-refractivity contribution >= 4 is 33.6 Å². The van der Waals surface area contributed by atoms with Gasteiger partial charge in [0.05, 0.1) is 21.5 Å². The summed E-state index contributed by atoms with van der Waals surface area (Å²) in [4.78, 5) is 15.7. The van der Waals surface area contributed by atoms with Crippen LogP contribution in [0.1, 0.15) is 32.1 Å². The van der Waals surface area contributed by atoms with Crippen LogP contribution in [0, 0.1) is 6.92 Å². The van der Waals surface area contributed by atoms with Crippen molar-refractivity contribution in [3.05, 3.63) is 15.6 Å². The third-order valence-corrected chi connectivity index (χ3v) is 4.62. The molecule has 1 rings (SSSR count). The molecule has 0 amide bonds. The molecule has 1 heterocycles. The number of rotatable bonds is 4. The SMILES string of the molecule is COC(C)C(Br)c1nc(C)c(C=O)s1. The minimum absolute atomic E-state index is 0.0417. The molecule has 0 radical (unpaired) electrons. The minimum atomic E-state index is 0.0417. The van der Waals surface area contributed by atoms with Gasteiger partial charge in [0.15, 0.2) is 6.29 Å². The molecule has 0 spiro atoms. The fourth-order valence-electron chi connectivity index (χ4n) is 0.977. The smallest absolute Gasteiger partial charge is 0.161 e. The number of alkyl halides is 1. The van der Waals surface area contributed by atoms with E-state index in [-0.39, 0.29) is 10.9 Å². The van der Waals surface area contributed by atoms with Gasteiger partial charge in [0.25, 0.3) is 0 Å². The van der Waals surface area contributed by atoms with Gasteiger partial charge in [0, 0.05) is 7.11 Å². The molecule has 0 aromatic carbocycles. The number of aromatic nitrogens is 1. The highest BCUT2D eigenvalue weighted by Gasteiger charge is 2.20. The third-order valence-electron chi connectivity index (χ3n) is 1.98. The lowest BCUT2D eigenvalue weighted by atomic mass is 10.3. The highest BCUT2D eigenvalue weighted by molar-refractivity contribution is 9.09. The van der Waals surface area contributed by atoms with Gasteiger partial charge >= 0.3 is 0 Å². The first kappa shape index (κ1) is 11.8. The molecule has 0 bridgehead atoms. The number of carbonyl (C=O) groups excluding carboxylic acids is 1. The molecule has 78 valence electrons. The van der Waals surface area contributed by atoms with Crippen molar-refractivity contribution in [3.8, 4) is 0 Å². The molecule has 1 aromatic rings. The zero-order valence-electron chi connectivity index (χ0n) is 8.28. The predicted octanol–water partition coefficient (Wildman–Crippen LogP) is 2.73. The maximum Gasteiger partial charge on any atom is 0.161 e. The van der Waals surface area contributed by atoms with Crippen LogP contribution >= 0.6 is 27.3 Å². The Morgan fingerprint density at radius 2 is 2.29 bits per heavy atom. The second-order valence-corrected chi connectivity index (χ2v) is 5.01. The van der Waals surface area contributed by atoms with Crippen LogP contribution in [0.3, 0.4) is 0 Å². The van der Waals surface area contributed by atoms with Gasteiger partial charge in [0.1, 0.15) is 5.01 Å². The van der Waals surface area contributed by atoms with Gasteiger partial charge in [-0.15, -0.1) is 11.3 Å². The number of hydrogen-bond donors (Lipinski definition) is 0. The molecule has 0 aliphatic rings. The van der Waals surface area contributed by atoms with Crippen LogP contribution in [0.2, 0.25) is 0 Å². The molecule has 0 N–H and O–H groups in total. The number of thiazole rings is 1. The van der Waals surface area contributed by atoms with Gasteiger partial charge in [-0.05, 0) is 13.8 Å². The molecule has 2 atom stereocenters. The Kier molecular flexibility index (Phi) is 4.22. The first-order valence-corrected chi connectivity index (χ1v) is 5.92. The number of nitrogens with zero attached hydrogens (tertiary/aromatic N) is 1. The molecule has 5 heteroatoms. The van der Waals surface area contributed by atoms with E-state index in [0.717, 1.165) is 17.0 Å². The summed E-state index contributed by atoms with van der Waals surface area (Å²) in [5, 5.41) is 0.888. The van der Waals surface area contributed by atoms with Crippen LogP contribution < -0.4 is 0 Å². The summed E-state index contributed by atoms with van der Waals surface area (Å²) in [6.07, 6.45) is 0.883. The minimum Gasteiger partial charge on any atom is -0.380 e. The van der Waals surface area contributed by atoms with E-state index in [4.69, 9.17) is 4.74 Å². The lowest BCUT2D eigenvalue weighted by Gasteiger charge is -2.13. The number of hydrogen-bond acceptors (Lipinski definition) is 4. The van der Waals surface area contributed by atoms with Gasteiger partial charge in [-0.2, -0.15) is 0 Å². The highest BCUT2D eigenvalue weighted by atomic mass is 79.9. The Morgan fingerprint density at radius 3 is 2.71 bits per heavy atom. The molecule has 0 saturated carbocycles. The maximum absolute atomic E-state index is 10.6. The average molecular weight is 278 g/mol. The number of halogens is 1. The fraction of sp³-hybridized carbons (Fsp3) is 0.556. The van der Waals surface area contributed by atoms with E-state index in [0.29, 0.717) is 4.88 Å². The first-order valence-electron chi connectivity index (χ1n) is 4.19. The molecule has 1 aromatic heterocycles. The van der Waals surface area contributed by atoms with Crippen molar-refractivity contribution in [2.75, 3.05) is 7.11 Å². The summed E-state index contributed by atoms with van der Waals surface area (Å²) < 4.78 is 5.18.